The fourth-order valence-corrected chi connectivity index (χ4v) is 1.82. The molecular weight excluding hydrogens is 296 g/mol. The first kappa shape index (κ1) is 16.8. The molecule has 0 atom stereocenters. The number of hydrogen-bond acceptors (Lipinski definition) is 5. The molecular formula is C11H15F2NO5S. The van der Waals surface area contributed by atoms with Crippen molar-refractivity contribution in [3.63, 3.8) is 0 Å². The number of nitrogens with two attached hydrogens (primary N) is 1. The molecule has 9 heteroatoms. The van der Waals surface area contributed by atoms with Crippen LogP contribution in [0.15, 0.2) is 17.0 Å². The van der Waals surface area contributed by atoms with Crippen molar-refractivity contribution in [2.75, 3.05) is 33.5 Å². The van der Waals surface area contributed by atoms with Crippen LogP contribution in [0.3, 0.4) is 0 Å². The lowest BCUT2D eigenvalue weighted by molar-refractivity contribution is 0.0530. The summed E-state index contributed by atoms with van der Waals surface area (Å²) in [4.78, 5) is -0.656. The van der Waals surface area contributed by atoms with Gasteiger partial charge in [0, 0.05) is 7.11 Å². The van der Waals surface area contributed by atoms with Crippen molar-refractivity contribution in [2.24, 2.45) is 5.14 Å². The molecule has 0 unspecified atom stereocenters. The van der Waals surface area contributed by atoms with E-state index in [0.29, 0.717) is 25.3 Å². The zero-order chi connectivity index (χ0) is 15.2. The molecule has 0 aliphatic rings. The number of primary sulfonamides is 1. The third-order valence-corrected chi connectivity index (χ3v) is 3.10. The average molecular weight is 311 g/mol. The second kappa shape index (κ2) is 7.48. The van der Waals surface area contributed by atoms with E-state index in [1.165, 1.54) is 7.11 Å². The van der Waals surface area contributed by atoms with Crippen LogP contribution < -0.4 is 9.88 Å². The molecule has 114 valence electrons. The van der Waals surface area contributed by atoms with Crippen LogP contribution in [0, 0.1) is 11.6 Å². The predicted octanol–water partition coefficient (Wildman–Crippen LogP) is 0.654. The Morgan fingerprint density at radius 3 is 2.15 bits per heavy atom. The molecule has 1 aromatic rings. The third kappa shape index (κ3) is 5.00. The second-order valence-corrected chi connectivity index (χ2v) is 5.28. The number of hydrogen-bond donors (Lipinski definition) is 1. The standard InChI is InChI=1S/C11H15F2NO5S/c1-17-2-3-18-4-5-19-11-9(12)6-8(7-10(11)13)20(14,15)16/h6-7H,2-5H2,1H3,(H2,14,15,16). The van der Waals surface area contributed by atoms with Crippen LogP contribution in [-0.4, -0.2) is 42.0 Å². The zero-order valence-corrected chi connectivity index (χ0v) is 11.6. The molecule has 0 bridgehead atoms. The molecule has 1 aromatic carbocycles. The lowest BCUT2D eigenvalue weighted by atomic mass is 10.3. The maximum atomic E-state index is 13.5. The lowest BCUT2D eigenvalue weighted by Gasteiger charge is -2.10. The van der Waals surface area contributed by atoms with Gasteiger partial charge in [-0.1, -0.05) is 0 Å². The van der Waals surface area contributed by atoms with Crippen molar-refractivity contribution in [1.82, 2.24) is 0 Å². The van der Waals surface area contributed by atoms with E-state index in [1.807, 2.05) is 0 Å². The highest BCUT2D eigenvalue weighted by atomic mass is 32.2. The molecule has 0 amide bonds. The first-order valence-corrected chi connectivity index (χ1v) is 7.12. The van der Waals surface area contributed by atoms with Gasteiger partial charge >= 0.3 is 0 Å². The van der Waals surface area contributed by atoms with E-state index in [2.05, 4.69) is 0 Å². The maximum absolute atomic E-state index is 13.5. The topological polar surface area (TPSA) is 87.8 Å². The van der Waals surface area contributed by atoms with Gasteiger partial charge in [-0.15, -0.1) is 0 Å². The summed E-state index contributed by atoms with van der Waals surface area (Å²) in [6.45, 7) is 0.742. The molecule has 0 saturated heterocycles. The minimum absolute atomic E-state index is 0.0910. The summed E-state index contributed by atoms with van der Waals surface area (Å²) < 4.78 is 63.7. The maximum Gasteiger partial charge on any atom is 0.238 e. The third-order valence-electron chi connectivity index (χ3n) is 2.21. The van der Waals surface area contributed by atoms with E-state index >= 15 is 0 Å². The van der Waals surface area contributed by atoms with Crippen LogP contribution in [0.1, 0.15) is 0 Å². The van der Waals surface area contributed by atoms with Crippen molar-refractivity contribution in [2.45, 2.75) is 4.90 Å². The Morgan fingerprint density at radius 1 is 1.10 bits per heavy atom. The highest BCUT2D eigenvalue weighted by Crippen LogP contribution is 2.24. The van der Waals surface area contributed by atoms with E-state index in [9.17, 15) is 17.2 Å². The highest BCUT2D eigenvalue weighted by molar-refractivity contribution is 7.89. The zero-order valence-electron chi connectivity index (χ0n) is 10.8. The molecule has 2 N–H and O–H groups in total. The average Bonchev–Trinajstić information content (AvgIpc) is 2.34. The van der Waals surface area contributed by atoms with Crippen LogP contribution >= 0.6 is 0 Å². The van der Waals surface area contributed by atoms with E-state index in [4.69, 9.17) is 19.3 Å². The monoisotopic (exact) mass is 311 g/mol. The van der Waals surface area contributed by atoms with Crippen LogP contribution in [-0.2, 0) is 19.5 Å². The van der Waals surface area contributed by atoms with Gasteiger partial charge in [0.2, 0.25) is 10.0 Å². The number of sulfonamides is 1. The summed E-state index contributed by atoms with van der Waals surface area (Å²) in [6, 6.07) is 1.19. The van der Waals surface area contributed by atoms with Crippen LogP contribution in [0.5, 0.6) is 5.75 Å². The minimum atomic E-state index is -4.17. The molecule has 1 rings (SSSR count). The van der Waals surface area contributed by atoms with Gasteiger partial charge < -0.3 is 14.2 Å². The van der Waals surface area contributed by atoms with Gasteiger partial charge in [-0.25, -0.2) is 22.3 Å². The van der Waals surface area contributed by atoms with Crippen molar-refractivity contribution in [3.8, 4) is 5.75 Å². The first-order chi connectivity index (χ1) is 9.36. The Bertz CT molecular complexity index is 527. The molecule has 20 heavy (non-hydrogen) atoms. The summed E-state index contributed by atoms with van der Waals surface area (Å²) in [6.07, 6.45) is 0. The Kier molecular flexibility index (Phi) is 6.27. The minimum Gasteiger partial charge on any atom is -0.485 e. The van der Waals surface area contributed by atoms with Crippen molar-refractivity contribution >= 4 is 10.0 Å². The number of halogens is 2. The molecule has 0 fully saturated rings. The summed E-state index contributed by atoms with van der Waals surface area (Å²) in [7, 11) is -2.66. The van der Waals surface area contributed by atoms with Crippen molar-refractivity contribution in [1.29, 1.82) is 0 Å². The van der Waals surface area contributed by atoms with Gasteiger partial charge in [0.1, 0.15) is 6.61 Å². The molecule has 0 heterocycles. The van der Waals surface area contributed by atoms with Gasteiger partial charge in [0.15, 0.2) is 17.4 Å². The molecule has 0 spiro atoms. The molecule has 0 saturated carbocycles. The molecule has 0 aromatic heterocycles. The predicted molar refractivity (Wildman–Crippen MR) is 65.9 cm³/mol. The van der Waals surface area contributed by atoms with Crippen LogP contribution in [0.2, 0.25) is 0 Å². The van der Waals surface area contributed by atoms with Crippen LogP contribution in [0.25, 0.3) is 0 Å². The molecule has 0 aliphatic heterocycles. The fraction of sp³-hybridized carbons (Fsp3) is 0.455. The van der Waals surface area contributed by atoms with E-state index in [1.54, 1.807) is 0 Å². The summed E-state index contributed by atoms with van der Waals surface area (Å²) >= 11 is 0. The van der Waals surface area contributed by atoms with E-state index < -0.39 is 32.3 Å². The fourth-order valence-electron chi connectivity index (χ4n) is 1.29. The van der Waals surface area contributed by atoms with Gasteiger partial charge in [0.05, 0.1) is 24.7 Å². The van der Waals surface area contributed by atoms with Gasteiger partial charge in [-0.2, -0.15) is 0 Å². The normalized spacial score (nSPS) is 11.6. The summed E-state index contributed by atoms with van der Waals surface area (Å²) in [5, 5.41) is 4.78. The largest absolute Gasteiger partial charge is 0.485 e. The molecule has 6 nitrogen and oxygen atoms in total. The van der Waals surface area contributed by atoms with Crippen molar-refractivity contribution in [3.05, 3.63) is 23.8 Å². The van der Waals surface area contributed by atoms with E-state index in [0.717, 1.165) is 0 Å². The van der Waals surface area contributed by atoms with E-state index in [-0.39, 0.29) is 13.2 Å². The lowest BCUT2D eigenvalue weighted by Crippen LogP contribution is -2.14. The number of ether oxygens (including phenoxy) is 3. The quantitative estimate of drug-likeness (QED) is 0.712. The first-order valence-electron chi connectivity index (χ1n) is 5.57. The number of benzene rings is 1. The smallest absolute Gasteiger partial charge is 0.238 e. The SMILES string of the molecule is COCCOCCOc1c(F)cc(S(N)(=O)=O)cc1F. The Balaban J connectivity index is 2.63. The van der Waals surface area contributed by atoms with Gasteiger partial charge in [-0.3, -0.25) is 0 Å². The molecule has 0 aliphatic carbocycles. The second-order valence-electron chi connectivity index (χ2n) is 3.71. The summed E-state index contributed by atoms with van der Waals surface area (Å²) in [5.41, 5.74) is 0. The Labute approximate surface area is 115 Å². The van der Waals surface area contributed by atoms with Crippen LogP contribution in [0.4, 0.5) is 8.78 Å². The number of rotatable bonds is 8. The molecule has 0 radical (unpaired) electrons. The number of methoxy groups -OCH3 is 1. The summed E-state index contributed by atoms with van der Waals surface area (Å²) in [5.74, 6) is -2.97. The van der Waals surface area contributed by atoms with Gasteiger partial charge in [-0.05, 0) is 12.1 Å². The van der Waals surface area contributed by atoms with Gasteiger partial charge in [0.25, 0.3) is 0 Å². The Morgan fingerprint density at radius 2 is 1.65 bits per heavy atom. The highest BCUT2D eigenvalue weighted by Gasteiger charge is 2.17. The Hall–Kier alpha value is -1.29. The van der Waals surface area contributed by atoms with Crippen molar-refractivity contribution < 1.29 is 31.4 Å².